The number of carbonyl (C=O) groups excluding carboxylic acids is 1. The molecule has 1 aromatic carbocycles. The van der Waals surface area contributed by atoms with Crippen molar-refractivity contribution in [3.8, 4) is 0 Å². The van der Waals surface area contributed by atoms with Gasteiger partial charge in [0.1, 0.15) is 6.54 Å². The molecule has 1 heterocycles. The SMILES string of the molecule is CN1CCN(C(=O)CN(C(=O)O)[C@@]2(C)C[C@@H]2c2ccccc2)CC1. The van der Waals surface area contributed by atoms with Crippen molar-refractivity contribution in [2.24, 2.45) is 0 Å². The van der Waals surface area contributed by atoms with Crippen LogP contribution in [0.25, 0.3) is 0 Å². The average molecular weight is 331 g/mol. The first-order valence-electron chi connectivity index (χ1n) is 8.43. The molecule has 2 aliphatic rings. The Morgan fingerprint density at radius 3 is 2.42 bits per heavy atom. The van der Waals surface area contributed by atoms with E-state index >= 15 is 0 Å². The van der Waals surface area contributed by atoms with Gasteiger partial charge in [-0.15, -0.1) is 0 Å². The van der Waals surface area contributed by atoms with E-state index in [4.69, 9.17) is 0 Å². The molecule has 1 saturated carbocycles. The zero-order valence-electron chi connectivity index (χ0n) is 14.3. The predicted molar refractivity (Wildman–Crippen MR) is 91.0 cm³/mol. The molecule has 0 spiro atoms. The number of carboxylic acid groups (broad SMARTS) is 1. The Kier molecular flexibility index (Phi) is 4.49. The van der Waals surface area contributed by atoms with Crippen LogP contribution in [-0.2, 0) is 4.79 Å². The molecule has 130 valence electrons. The summed E-state index contributed by atoms with van der Waals surface area (Å²) >= 11 is 0. The molecule has 0 radical (unpaired) electrons. The summed E-state index contributed by atoms with van der Waals surface area (Å²) in [5.74, 6) is 0.0699. The van der Waals surface area contributed by atoms with Gasteiger partial charge in [-0.25, -0.2) is 4.79 Å². The summed E-state index contributed by atoms with van der Waals surface area (Å²) in [7, 11) is 2.03. The van der Waals surface area contributed by atoms with Gasteiger partial charge in [0.05, 0.1) is 5.54 Å². The van der Waals surface area contributed by atoms with E-state index in [1.807, 2.05) is 44.3 Å². The van der Waals surface area contributed by atoms with E-state index < -0.39 is 11.6 Å². The molecule has 6 heteroatoms. The third-order valence-corrected chi connectivity index (χ3v) is 5.41. The molecule has 1 saturated heterocycles. The molecular formula is C18H25N3O3. The molecule has 2 amide bonds. The maximum absolute atomic E-state index is 12.5. The van der Waals surface area contributed by atoms with Crippen LogP contribution >= 0.6 is 0 Å². The lowest BCUT2D eigenvalue weighted by Gasteiger charge is -2.35. The van der Waals surface area contributed by atoms with Crippen LogP contribution in [0.5, 0.6) is 0 Å². The van der Waals surface area contributed by atoms with Crippen molar-refractivity contribution in [1.82, 2.24) is 14.7 Å². The zero-order valence-corrected chi connectivity index (χ0v) is 14.3. The molecule has 0 bridgehead atoms. The molecule has 3 rings (SSSR count). The molecular weight excluding hydrogens is 306 g/mol. The number of hydrogen-bond donors (Lipinski definition) is 1. The fourth-order valence-corrected chi connectivity index (χ4v) is 3.57. The van der Waals surface area contributed by atoms with Crippen LogP contribution in [0.4, 0.5) is 4.79 Å². The van der Waals surface area contributed by atoms with Crippen LogP contribution in [-0.4, -0.2) is 77.1 Å². The lowest BCUT2D eigenvalue weighted by atomic mass is 10.1. The topological polar surface area (TPSA) is 64.1 Å². The highest BCUT2D eigenvalue weighted by atomic mass is 16.4. The molecule has 1 N–H and O–H groups in total. The van der Waals surface area contributed by atoms with Gasteiger partial charge in [-0.3, -0.25) is 9.69 Å². The Labute approximate surface area is 142 Å². The summed E-state index contributed by atoms with van der Waals surface area (Å²) in [4.78, 5) is 29.6. The van der Waals surface area contributed by atoms with Gasteiger partial charge in [0.25, 0.3) is 0 Å². The first-order chi connectivity index (χ1) is 11.4. The van der Waals surface area contributed by atoms with Crippen molar-refractivity contribution < 1.29 is 14.7 Å². The number of carbonyl (C=O) groups is 2. The van der Waals surface area contributed by atoms with E-state index in [0.717, 1.165) is 25.1 Å². The van der Waals surface area contributed by atoms with Crippen molar-refractivity contribution in [3.63, 3.8) is 0 Å². The lowest BCUT2D eigenvalue weighted by molar-refractivity contribution is -0.134. The maximum Gasteiger partial charge on any atom is 0.408 e. The summed E-state index contributed by atoms with van der Waals surface area (Å²) in [5.41, 5.74) is 0.647. The Hall–Kier alpha value is -2.08. The van der Waals surface area contributed by atoms with Crippen molar-refractivity contribution in [2.45, 2.75) is 24.8 Å². The van der Waals surface area contributed by atoms with Gasteiger partial charge in [-0.05, 0) is 26.0 Å². The Bertz CT molecular complexity index is 613. The van der Waals surface area contributed by atoms with Crippen LogP contribution in [0.1, 0.15) is 24.8 Å². The summed E-state index contributed by atoms with van der Waals surface area (Å²) in [6.45, 7) is 4.89. The van der Waals surface area contributed by atoms with Crippen molar-refractivity contribution in [2.75, 3.05) is 39.8 Å². The summed E-state index contributed by atoms with van der Waals surface area (Å²) in [6.07, 6.45) is -0.252. The van der Waals surface area contributed by atoms with E-state index in [0.29, 0.717) is 13.1 Å². The van der Waals surface area contributed by atoms with Gasteiger partial charge in [0.15, 0.2) is 0 Å². The number of piperazine rings is 1. The first-order valence-corrected chi connectivity index (χ1v) is 8.43. The minimum Gasteiger partial charge on any atom is -0.465 e. The Morgan fingerprint density at radius 1 is 1.21 bits per heavy atom. The number of nitrogens with zero attached hydrogens (tertiary/aromatic N) is 3. The minimum absolute atomic E-state index is 0.0567. The summed E-state index contributed by atoms with van der Waals surface area (Å²) in [5, 5.41) is 9.65. The molecule has 1 aliphatic heterocycles. The Balaban J connectivity index is 1.67. The standard InChI is InChI=1S/C18H25N3O3/c1-18(12-15(18)14-6-4-3-5-7-14)21(17(23)24)13-16(22)20-10-8-19(2)9-11-20/h3-7,15H,8-13H2,1-2H3,(H,23,24)/t15-,18+/m1/s1. The third kappa shape index (κ3) is 3.24. The van der Waals surface area contributed by atoms with Gasteiger partial charge >= 0.3 is 6.09 Å². The molecule has 0 aromatic heterocycles. The number of likely N-dealkylation sites (N-methyl/N-ethyl adjacent to an activating group) is 1. The second-order valence-corrected chi connectivity index (χ2v) is 7.08. The van der Waals surface area contributed by atoms with Crippen LogP contribution in [0.2, 0.25) is 0 Å². The van der Waals surface area contributed by atoms with E-state index in [9.17, 15) is 14.7 Å². The summed E-state index contributed by atoms with van der Waals surface area (Å²) < 4.78 is 0. The number of amides is 2. The van der Waals surface area contributed by atoms with Gasteiger partial charge in [0, 0.05) is 32.1 Å². The third-order valence-electron chi connectivity index (χ3n) is 5.41. The monoisotopic (exact) mass is 331 g/mol. The van der Waals surface area contributed by atoms with E-state index in [1.165, 1.54) is 4.90 Å². The number of hydrogen-bond acceptors (Lipinski definition) is 3. The van der Waals surface area contributed by atoms with Crippen molar-refractivity contribution in [3.05, 3.63) is 35.9 Å². The molecule has 2 atom stereocenters. The Morgan fingerprint density at radius 2 is 1.83 bits per heavy atom. The smallest absolute Gasteiger partial charge is 0.408 e. The first kappa shape index (κ1) is 16.8. The molecule has 24 heavy (non-hydrogen) atoms. The molecule has 1 aliphatic carbocycles. The van der Waals surface area contributed by atoms with E-state index in [1.54, 1.807) is 4.90 Å². The molecule has 2 fully saturated rings. The van der Waals surface area contributed by atoms with Gasteiger partial charge < -0.3 is 14.9 Å². The average Bonchev–Trinajstić information content (AvgIpc) is 3.26. The zero-order chi connectivity index (χ0) is 17.3. The van der Waals surface area contributed by atoms with Crippen molar-refractivity contribution in [1.29, 1.82) is 0 Å². The maximum atomic E-state index is 12.5. The van der Waals surface area contributed by atoms with Gasteiger partial charge in [-0.1, -0.05) is 30.3 Å². The molecule has 1 aromatic rings. The molecule has 6 nitrogen and oxygen atoms in total. The second kappa shape index (κ2) is 6.43. The fourth-order valence-electron chi connectivity index (χ4n) is 3.57. The predicted octanol–water partition coefficient (Wildman–Crippen LogP) is 1.69. The lowest BCUT2D eigenvalue weighted by Crippen LogP contribution is -2.52. The minimum atomic E-state index is -1.02. The quantitative estimate of drug-likeness (QED) is 0.912. The molecule has 0 unspecified atom stereocenters. The van der Waals surface area contributed by atoms with Gasteiger partial charge in [-0.2, -0.15) is 0 Å². The second-order valence-electron chi connectivity index (χ2n) is 7.08. The van der Waals surface area contributed by atoms with Crippen LogP contribution in [0.3, 0.4) is 0 Å². The van der Waals surface area contributed by atoms with Crippen molar-refractivity contribution >= 4 is 12.0 Å². The summed E-state index contributed by atoms with van der Waals surface area (Å²) in [6, 6.07) is 9.94. The highest BCUT2D eigenvalue weighted by Gasteiger charge is 2.57. The van der Waals surface area contributed by atoms with E-state index in [2.05, 4.69) is 4.90 Å². The highest BCUT2D eigenvalue weighted by molar-refractivity contribution is 5.83. The van der Waals surface area contributed by atoms with Crippen LogP contribution in [0, 0.1) is 0 Å². The fraction of sp³-hybridized carbons (Fsp3) is 0.556. The largest absolute Gasteiger partial charge is 0.465 e. The number of rotatable bonds is 4. The van der Waals surface area contributed by atoms with Crippen LogP contribution < -0.4 is 0 Å². The van der Waals surface area contributed by atoms with Crippen LogP contribution in [0.15, 0.2) is 30.3 Å². The number of benzene rings is 1. The highest BCUT2D eigenvalue weighted by Crippen LogP contribution is 2.55. The van der Waals surface area contributed by atoms with Gasteiger partial charge in [0.2, 0.25) is 5.91 Å². The van der Waals surface area contributed by atoms with E-state index in [-0.39, 0.29) is 18.4 Å². The normalized spacial score (nSPS) is 26.9.